The van der Waals surface area contributed by atoms with Gasteiger partial charge in [-0.25, -0.2) is 15.0 Å². The van der Waals surface area contributed by atoms with Crippen molar-refractivity contribution in [3.05, 3.63) is 41.2 Å². The smallest absolute Gasteiger partial charge is 0.250 e. The zero-order valence-electron chi connectivity index (χ0n) is 15.4. The van der Waals surface area contributed by atoms with Crippen LogP contribution in [0.4, 0.5) is 0 Å². The second kappa shape index (κ2) is 10.6. The summed E-state index contributed by atoms with van der Waals surface area (Å²) in [6.07, 6.45) is 4.20. The second-order valence-electron chi connectivity index (χ2n) is 5.69. The Balaban J connectivity index is 2.43. The van der Waals surface area contributed by atoms with Gasteiger partial charge >= 0.3 is 0 Å². The normalized spacial score (nSPS) is 12.4. The van der Waals surface area contributed by atoms with Crippen LogP contribution < -0.4 is 9.47 Å². The number of hydrogen-bond acceptors (Lipinski definition) is 5. The Morgan fingerprint density at radius 2 is 1.34 bits per heavy atom. The van der Waals surface area contributed by atoms with Crippen LogP contribution in [0.1, 0.15) is 43.3 Å². The molecule has 0 aliphatic heterocycles. The van der Waals surface area contributed by atoms with Crippen LogP contribution in [0.15, 0.2) is 18.2 Å². The summed E-state index contributed by atoms with van der Waals surface area (Å²) in [4.78, 5) is 12.2. The molecule has 158 valence electrons. The predicted molar refractivity (Wildman–Crippen MR) is 121 cm³/mol. The summed E-state index contributed by atoms with van der Waals surface area (Å²) < 4.78 is 7.47. The van der Waals surface area contributed by atoms with Crippen molar-refractivity contribution in [2.45, 2.75) is 27.9 Å². The van der Waals surface area contributed by atoms with Gasteiger partial charge in [0.25, 0.3) is 0 Å². The molecule has 0 N–H and O–H groups in total. The maximum Gasteiger partial charge on any atom is 0.250 e. The van der Waals surface area contributed by atoms with Crippen LogP contribution in [-0.4, -0.2) is 28.2 Å². The maximum absolute atomic E-state index is 5.89. The van der Waals surface area contributed by atoms with Crippen molar-refractivity contribution in [2.24, 2.45) is 0 Å². The minimum Gasteiger partial charge on any atom is -0.494 e. The third-order valence-corrected chi connectivity index (χ3v) is 4.29. The Bertz CT molecular complexity index is 833. The molecule has 0 saturated heterocycles. The molecule has 11 heteroatoms. The highest BCUT2D eigenvalue weighted by Gasteiger charge is 2.33. The number of hydrogen-bond donors (Lipinski definition) is 0. The topological polar surface area (TPSA) is 57.1 Å². The predicted octanol–water partition coefficient (Wildman–Crippen LogP) is 6.88. The number of benzene rings is 1. The van der Waals surface area contributed by atoms with E-state index in [-0.39, 0.29) is 17.5 Å². The number of nitrogens with zero attached hydrogens (tertiary/aromatic N) is 3. The Labute approximate surface area is 199 Å². The van der Waals surface area contributed by atoms with Gasteiger partial charge in [0.2, 0.25) is 7.59 Å². The Kier molecular flexibility index (Phi) is 8.95. The average Bonchev–Trinajstić information content (AvgIpc) is 2.63. The van der Waals surface area contributed by atoms with Crippen LogP contribution in [0, 0.1) is 0 Å². The molecule has 2 rings (SSSR count). The molecule has 29 heavy (non-hydrogen) atoms. The molecule has 1 aromatic heterocycles. The molecule has 0 aliphatic rings. The van der Waals surface area contributed by atoms with Crippen LogP contribution in [0.3, 0.4) is 0 Å². The maximum atomic E-state index is 5.89. The molecule has 0 unspecified atom stereocenters. The summed E-state index contributed by atoms with van der Waals surface area (Å²) in [5.41, 5.74) is 0.785. The van der Waals surface area contributed by atoms with Gasteiger partial charge in [-0.1, -0.05) is 82.6 Å². The van der Waals surface area contributed by atoms with E-state index in [0.717, 1.165) is 12.0 Å². The number of rotatable bonds is 7. The van der Waals surface area contributed by atoms with E-state index >= 15 is 0 Å². The highest BCUT2D eigenvalue weighted by atomic mass is 35.6. The zero-order valence-corrected chi connectivity index (χ0v) is 20.0. The molecule has 2 aromatic rings. The van der Waals surface area contributed by atoms with Crippen LogP contribution in [0.2, 0.25) is 0 Å². The molecule has 0 aliphatic carbocycles. The van der Waals surface area contributed by atoms with E-state index in [2.05, 4.69) is 15.0 Å². The molecule has 0 bridgehead atoms. The van der Waals surface area contributed by atoms with Gasteiger partial charge in [0.15, 0.2) is 17.5 Å². The highest BCUT2D eigenvalue weighted by molar-refractivity contribution is 6.67. The summed E-state index contributed by atoms with van der Waals surface area (Å²) in [6.45, 7) is 5.04. The molecule has 5 nitrogen and oxygen atoms in total. The molecule has 1 heterocycles. The monoisotopic (exact) mass is 517 g/mol. The Morgan fingerprint density at radius 1 is 0.793 bits per heavy atom. The van der Waals surface area contributed by atoms with E-state index in [1.165, 1.54) is 0 Å². The second-order valence-corrected chi connectivity index (χ2v) is 10.3. The fraction of sp³-hybridized carbons (Fsp3) is 0.389. The van der Waals surface area contributed by atoms with Gasteiger partial charge in [0.05, 0.1) is 13.2 Å². The fourth-order valence-electron chi connectivity index (χ4n) is 2.13. The van der Waals surface area contributed by atoms with E-state index in [4.69, 9.17) is 79.1 Å². The summed E-state index contributed by atoms with van der Waals surface area (Å²) in [5.74, 6) is 1.18. The minimum absolute atomic E-state index is 0.153. The highest BCUT2D eigenvalue weighted by Crippen LogP contribution is 2.40. The average molecular weight is 520 g/mol. The minimum atomic E-state index is -1.91. The van der Waals surface area contributed by atoms with Crippen molar-refractivity contribution in [1.29, 1.82) is 0 Å². The third-order valence-electron chi connectivity index (χ3n) is 3.27. The first-order chi connectivity index (χ1) is 13.5. The molecular formula is C18H17Cl6N3O2. The number of ether oxygens (including phenoxy) is 2. The number of aromatic nitrogens is 3. The lowest BCUT2D eigenvalue weighted by molar-refractivity contribution is 0.309. The molecule has 0 amide bonds. The molecule has 0 atom stereocenters. The number of halogens is 6. The van der Waals surface area contributed by atoms with Crippen molar-refractivity contribution < 1.29 is 9.47 Å². The summed E-state index contributed by atoms with van der Waals surface area (Å²) >= 11 is 35.3. The SMILES string of the molecule is CCCOc1cc(/C=C/c2nc(C(Cl)(Cl)Cl)nc(C(Cl)(Cl)Cl)n2)cc(OCC)c1. The lowest BCUT2D eigenvalue weighted by Gasteiger charge is -2.14. The van der Waals surface area contributed by atoms with Crippen molar-refractivity contribution in [2.75, 3.05) is 13.2 Å². The van der Waals surface area contributed by atoms with Gasteiger partial charge in [0, 0.05) is 6.07 Å². The van der Waals surface area contributed by atoms with Crippen LogP contribution in [-0.2, 0) is 7.59 Å². The molecule has 0 saturated carbocycles. The quantitative estimate of drug-likeness (QED) is 0.373. The zero-order chi connectivity index (χ0) is 21.7. The molecule has 1 aromatic carbocycles. The summed E-state index contributed by atoms with van der Waals surface area (Å²) in [7, 11) is 0. The Hall–Kier alpha value is -0.690. The third kappa shape index (κ3) is 7.82. The van der Waals surface area contributed by atoms with Gasteiger partial charge in [-0.2, -0.15) is 0 Å². The summed E-state index contributed by atoms with van der Waals surface area (Å²) in [5, 5.41) is 0. The van der Waals surface area contributed by atoms with E-state index in [1.807, 2.05) is 32.0 Å². The van der Waals surface area contributed by atoms with Gasteiger partial charge in [-0.15, -0.1) is 0 Å². The van der Waals surface area contributed by atoms with Gasteiger partial charge in [0.1, 0.15) is 11.5 Å². The Morgan fingerprint density at radius 3 is 1.83 bits per heavy atom. The molecule has 0 fully saturated rings. The van der Waals surface area contributed by atoms with E-state index in [9.17, 15) is 0 Å². The van der Waals surface area contributed by atoms with Crippen LogP contribution in [0.5, 0.6) is 11.5 Å². The van der Waals surface area contributed by atoms with Gasteiger partial charge in [-0.3, -0.25) is 0 Å². The molecule has 0 radical (unpaired) electrons. The van der Waals surface area contributed by atoms with Crippen LogP contribution in [0.25, 0.3) is 12.2 Å². The van der Waals surface area contributed by atoms with Gasteiger partial charge in [-0.05, 0) is 37.1 Å². The van der Waals surface area contributed by atoms with E-state index in [0.29, 0.717) is 24.7 Å². The largest absolute Gasteiger partial charge is 0.494 e. The lowest BCUT2D eigenvalue weighted by atomic mass is 10.2. The standard InChI is InChI=1S/C18H17Cl6N3O2/c1-3-7-29-13-9-11(8-12(10-13)28-4-2)5-6-14-25-15(17(19,20)21)27-16(26-14)18(22,23)24/h5-6,8-10H,3-4,7H2,1-2H3/b6-5+. The first-order valence-electron chi connectivity index (χ1n) is 8.52. The molecule has 0 spiro atoms. The van der Waals surface area contributed by atoms with Crippen LogP contribution >= 0.6 is 69.6 Å². The van der Waals surface area contributed by atoms with Crippen molar-refractivity contribution >= 4 is 81.8 Å². The fourth-order valence-corrected chi connectivity index (χ4v) is 2.64. The molecular weight excluding hydrogens is 503 g/mol. The van der Waals surface area contributed by atoms with Gasteiger partial charge < -0.3 is 9.47 Å². The first kappa shape index (κ1) is 24.6. The van der Waals surface area contributed by atoms with Crippen molar-refractivity contribution in [3.8, 4) is 11.5 Å². The lowest BCUT2D eigenvalue weighted by Crippen LogP contribution is -2.16. The summed E-state index contributed by atoms with van der Waals surface area (Å²) in [6, 6.07) is 5.51. The van der Waals surface area contributed by atoms with Crippen molar-refractivity contribution in [3.63, 3.8) is 0 Å². The van der Waals surface area contributed by atoms with Crippen molar-refractivity contribution in [1.82, 2.24) is 15.0 Å². The van der Waals surface area contributed by atoms with E-state index < -0.39 is 7.59 Å². The first-order valence-corrected chi connectivity index (χ1v) is 10.8. The number of alkyl halides is 6. The van der Waals surface area contributed by atoms with E-state index in [1.54, 1.807) is 12.2 Å².